The number of para-hydroxylation sites is 2. The number of amides is 1. The molecule has 0 radical (unpaired) electrons. The zero-order valence-corrected chi connectivity index (χ0v) is 11.5. The van der Waals surface area contributed by atoms with E-state index in [4.69, 9.17) is 4.74 Å². The summed E-state index contributed by atoms with van der Waals surface area (Å²) in [6, 6.07) is 16.7. The molecule has 3 nitrogen and oxygen atoms in total. The molecule has 2 aromatic carbocycles. The first-order valence-corrected chi connectivity index (χ1v) is 6.38. The lowest BCUT2D eigenvalue weighted by atomic mass is 10.1. The first-order valence-electron chi connectivity index (χ1n) is 6.38. The van der Waals surface area contributed by atoms with Crippen LogP contribution in [0.4, 0.5) is 5.69 Å². The lowest BCUT2D eigenvalue weighted by Crippen LogP contribution is -2.31. The molecule has 0 aliphatic heterocycles. The molecule has 0 atom stereocenters. The van der Waals surface area contributed by atoms with Crippen molar-refractivity contribution in [3.63, 3.8) is 0 Å². The summed E-state index contributed by atoms with van der Waals surface area (Å²) in [6.07, 6.45) is 1.71. The van der Waals surface area contributed by atoms with Crippen LogP contribution in [0.2, 0.25) is 0 Å². The second-order valence-corrected chi connectivity index (χ2v) is 4.24. The van der Waals surface area contributed by atoms with Crippen molar-refractivity contribution in [1.82, 2.24) is 0 Å². The third-order valence-electron chi connectivity index (χ3n) is 2.96. The highest BCUT2D eigenvalue weighted by Crippen LogP contribution is 2.23. The molecule has 0 aliphatic rings. The van der Waals surface area contributed by atoms with Gasteiger partial charge in [0.25, 0.3) is 5.91 Å². The minimum absolute atomic E-state index is 0.103. The van der Waals surface area contributed by atoms with Gasteiger partial charge in [-0.15, -0.1) is 6.58 Å². The van der Waals surface area contributed by atoms with E-state index in [1.54, 1.807) is 30.2 Å². The second-order valence-electron chi connectivity index (χ2n) is 4.24. The number of rotatable bonds is 5. The van der Waals surface area contributed by atoms with Gasteiger partial charge in [0.05, 0.1) is 12.7 Å². The van der Waals surface area contributed by atoms with Gasteiger partial charge < -0.3 is 9.64 Å². The molecule has 0 aromatic heterocycles. The van der Waals surface area contributed by atoms with Gasteiger partial charge in [-0.05, 0) is 24.3 Å². The van der Waals surface area contributed by atoms with Crippen LogP contribution in [0.1, 0.15) is 10.4 Å². The smallest absolute Gasteiger partial charge is 0.262 e. The van der Waals surface area contributed by atoms with Crippen molar-refractivity contribution in [3.05, 3.63) is 72.8 Å². The third-order valence-corrected chi connectivity index (χ3v) is 2.96. The van der Waals surface area contributed by atoms with Crippen LogP contribution in [0.15, 0.2) is 67.3 Å². The number of carbonyl (C=O) groups is 1. The van der Waals surface area contributed by atoms with Gasteiger partial charge in [0.1, 0.15) is 5.75 Å². The Balaban J connectivity index is 2.39. The fraction of sp³-hybridized carbons (Fsp3) is 0.118. The van der Waals surface area contributed by atoms with Gasteiger partial charge in [-0.2, -0.15) is 0 Å². The van der Waals surface area contributed by atoms with Crippen LogP contribution >= 0.6 is 0 Å². The van der Waals surface area contributed by atoms with E-state index in [-0.39, 0.29) is 5.91 Å². The number of ether oxygens (including phenoxy) is 1. The summed E-state index contributed by atoms with van der Waals surface area (Å²) in [6.45, 7) is 4.16. The molecule has 1 amide bonds. The number of hydrogen-bond acceptors (Lipinski definition) is 2. The van der Waals surface area contributed by atoms with Gasteiger partial charge in [-0.1, -0.05) is 36.4 Å². The van der Waals surface area contributed by atoms with Gasteiger partial charge >= 0.3 is 0 Å². The Morgan fingerprint density at radius 3 is 2.45 bits per heavy atom. The largest absolute Gasteiger partial charge is 0.496 e. The summed E-state index contributed by atoms with van der Waals surface area (Å²) < 4.78 is 5.26. The summed E-state index contributed by atoms with van der Waals surface area (Å²) in [5, 5.41) is 0. The van der Waals surface area contributed by atoms with Crippen molar-refractivity contribution < 1.29 is 9.53 Å². The Morgan fingerprint density at radius 2 is 1.80 bits per heavy atom. The van der Waals surface area contributed by atoms with Crippen LogP contribution < -0.4 is 9.64 Å². The van der Waals surface area contributed by atoms with Gasteiger partial charge in [0, 0.05) is 12.2 Å². The highest BCUT2D eigenvalue weighted by atomic mass is 16.5. The molecule has 0 fully saturated rings. The normalized spacial score (nSPS) is 9.85. The van der Waals surface area contributed by atoms with E-state index in [9.17, 15) is 4.79 Å². The van der Waals surface area contributed by atoms with E-state index in [1.165, 1.54) is 0 Å². The predicted molar refractivity (Wildman–Crippen MR) is 81.3 cm³/mol. The number of hydrogen-bond donors (Lipinski definition) is 0. The SMILES string of the molecule is C=CCN(C(=O)c1ccccc1OC)c1ccccc1. The number of benzene rings is 2. The molecule has 0 bridgehead atoms. The van der Waals surface area contributed by atoms with Crippen LogP contribution in [0.3, 0.4) is 0 Å². The molecular formula is C17H17NO2. The minimum atomic E-state index is -0.103. The number of anilines is 1. The number of methoxy groups -OCH3 is 1. The molecule has 2 rings (SSSR count). The summed E-state index contributed by atoms with van der Waals surface area (Å²) >= 11 is 0. The molecule has 2 aromatic rings. The molecule has 0 N–H and O–H groups in total. The molecule has 0 aliphatic carbocycles. The zero-order valence-electron chi connectivity index (χ0n) is 11.5. The average Bonchev–Trinajstić information content (AvgIpc) is 2.52. The molecule has 102 valence electrons. The van der Waals surface area contributed by atoms with E-state index >= 15 is 0 Å². The summed E-state index contributed by atoms with van der Waals surface area (Å²) in [5.41, 5.74) is 1.38. The Bertz CT molecular complexity index is 593. The lowest BCUT2D eigenvalue weighted by Gasteiger charge is -2.22. The topological polar surface area (TPSA) is 29.5 Å². The molecule has 0 heterocycles. The van der Waals surface area contributed by atoms with Crippen molar-refractivity contribution in [2.45, 2.75) is 0 Å². The zero-order chi connectivity index (χ0) is 14.4. The molecule has 3 heteroatoms. The van der Waals surface area contributed by atoms with Crippen LogP contribution in [0.25, 0.3) is 0 Å². The average molecular weight is 267 g/mol. The summed E-state index contributed by atoms with van der Waals surface area (Å²) in [5.74, 6) is 0.469. The molecule has 0 unspecified atom stereocenters. The van der Waals surface area contributed by atoms with E-state index < -0.39 is 0 Å². The maximum atomic E-state index is 12.7. The van der Waals surface area contributed by atoms with Gasteiger partial charge in [-0.25, -0.2) is 0 Å². The first-order chi connectivity index (χ1) is 9.77. The molecule has 20 heavy (non-hydrogen) atoms. The standard InChI is InChI=1S/C17H17NO2/c1-3-13-18(14-9-5-4-6-10-14)17(19)15-11-7-8-12-16(15)20-2/h3-12H,1,13H2,2H3. The third kappa shape index (κ3) is 2.88. The number of nitrogens with zero attached hydrogens (tertiary/aromatic N) is 1. The highest BCUT2D eigenvalue weighted by Gasteiger charge is 2.19. The van der Waals surface area contributed by atoms with Gasteiger partial charge in [0.15, 0.2) is 0 Å². The minimum Gasteiger partial charge on any atom is -0.496 e. The lowest BCUT2D eigenvalue weighted by molar-refractivity contribution is 0.0987. The second kappa shape index (κ2) is 6.57. The first kappa shape index (κ1) is 13.9. The summed E-state index contributed by atoms with van der Waals surface area (Å²) in [4.78, 5) is 14.4. The van der Waals surface area contributed by atoms with Crippen molar-refractivity contribution in [2.24, 2.45) is 0 Å². The van der Waals surface area contributed by atoms with Crippen LogP contribution in [-0.2, 0) is 0 Å². The van der Waals surface area contributed by atoms with Crippen molar-refractivity contribution >= 4 is 11.6 Å². The van der Waals surface area contributed by atoms with Crippen LogP contribution in [-0.4, -0.2) is 19.6 Å². The van der Waals surface area contributed by atoms with Crippen LogP contribution in [0.5, 0.6) is 5.75 Å². The monoisotopic (exact) mass is 267 g/mol. The maximum absolute atomic E-state index is 12.7. The van der Waals surface area contributed by atoms with E-state index in [0.717, 1.165) is 5.69 Å². The van der Waals surface area contributed by atoms with Gasteiger partial charge in [-0.3, -0.25) is 4.79 Å². The Morgan fingerprint density at radius 1 is 1.15 bits per heavy atom. The fourth-order valence-electron chi connectivity index (χ4n) is 2.01. The van der Waals surface area contributed by atoms with Crippen molar-refractivity contribution in [2.75, 3.05) is 18.6 Å². The Labute approximate surface area is 119 Å². The predicted octanol–water partition coefficient (Wildman–Crippen LogP) is 3.53. The van der Waals surface area contributed by atoms with Crippen LogP contribution in [0, 0.1) is 0 Å². The quantitative estimate of drug-likeness (QED) is 0.776. The highest BCUT2D eigenvalue weighted by molar-refractivity contribution is 6.08. The maximum Gasteiger partial charge on any atom is 0.262 e. The Hall–Kier alpha value is -2.55. The molecular weight excluding hydrogens is 250 g/mol. The Kier molecular flexibility index (Phi) is 4.56. The van der Waals surface area contributed by atoms with E-state index in [1.807, 2.05) is 42.5 Å². The van der Waals surface area contributed by atoms with E-state index in [2.05, 4.69) is 6.58 Å². The molecule has 0 spiro atoms. The number of carbonyl (C=O) groups excluding carboxylic acids is 1. The van der Waals surface area contributed by atoms with E-state index in [0.29, 0.717) is 17.9 Å². The summed E-state index contributed by atoms with van der Waals surface area (Å²) in [7, 11) is 1.56. The molecule has 0 saturated heterocycles. The van der Waals surface area contributed by atoms with Gasteiger partial charge in [0.2, 0.25) is 0 Å². The molecule has 0 saturated carbocycles. The van der Waals surface area contributed by atoms with Crippen molar-refractivity contribution in [3.8, 4) is 5.75 Å². The van der Waals surface area contributed by atoms with Crippen molar-refractivity contribution in [1.29, 1.82) is 0 Å². The fourth-order valence-corrected chi connectivity index (χ4v) is 2.01.